The molecule has 0 aliphatic carbocycles. The first kappa shape index (κ1) is 15.9. The zero-order valence-electron chi connectivity index (χ0n) is 12.1. The Morgan fingerprint density at radius 1 is 1.26 bits per heavy atom. The summed E-state index contributed by atoms with van der Waals surface area (Å²) in [5.74, 6) is 0.500. The van der Waals surface area contributed by atoms with E-state index in [4.69, 9.17) is 4.65 Å². The number of rotatable bonds is 6. The fraction of sp³-hybridized carbons (Fsp3) is 0.667. The van der Waals surface area contributed by atoms with Crippen molar-refractivity contribution in [2.75, 3.05) is 11.9 Å². The van der Waals surface area contributed by atoms with Gasteiger partial charge in [0.05, 0.1) is 11.2 Å². The van der Waals surface area contributed by atoms with Crippen molar-refractivity contribution in [3.63, 3.8) is 0 Å². The van der Waals surface area contributed by atoms with E-state index in [0.29, 0.717) is 11.4 Å². The average Bonchev–Trinajstić information content (AvgIpc) is 2.28. The van der Waals surface area contributed by atoms with E-state index in [0.717, 1.165) is 6.54 Å². The van der Waals surface area contributed by atoms with Crippen LogP contribution < -0.4 is 10.8 Å². The second kappa shape index (κ2) is 5.86. The van der Waals surface area contributed by atoms with Crippen LogP contribution in [0.2, 0.25) is 0 Å². The van der Waals surface area contributed by atoms with Crippen LogP contribution in [0.4, 0.5) is 5.95 Å². The smallest absolute Gasteiger partial charge is 0.423 e. The molecule has 0 saturated heterocycles. The van der Waals surface area contributed by atoms with Gasteiger partial charge in [0.2, 0.25) is 5.95 Å². The van der Waals surface area contributed by atoms with Gasteiger partial charge in [-0.3, -0.25) is 0 Å². The highest BCUT2D eigenvalue weighted by atomic mass is 16.5. The molecule has 0 spiro atoms. The van der Waals surface area contributed by atoms with E-state index < -0.39 is 18.3 Å². The van der Waals surface area contributed by atoms with Gasteiger partial charge in [0.15, 0.2) is 0 Å². The molecule has 0 atom stereocenters. The largest absolute Gasteiger partial charge is 0.494 e. The van der Waals surface area contributed by atoms with Gasteiger partial charge in [0, 0.05) is 24.4 Å². The van der Waals surface area contributed by atoms with Crippen LogP contribution in [0.25, 0.3) is 0 Å². The van der Waals surface area contributed by atoms with Gasteiger partial charge in [-0.1, -0.05) is 0 Å². The molecular formula is C12H22BN3O3. The number of anilines is 1. The highest BCUT2D eigenvalue weighted by molar-refractivity contribution is 6.59. The number of hydrogen-bond donors (Lipinski definition) is 3. The van der Waals surface area contributed by atoms with E-state index in [1.54, 1.807) is 27.7 Å². The molecule has 0 bridgehead atoms. The summed E-state index contributed by atoms with van der Waals surface area (Å²) in [4.78, 5) is 8.11. The lowest BCUT2D eigenvalue weighted by atomic mass is 9.78. The predicted molar refractivity (Wildman–Crippen MR) is 75.3 cm³/mol. The summed E-state index contributed by atoms with van der Waals surface area (Å²) >= 11 is 0. The summed E-state index contributed by atoms with van der Waals surface area (Å²) in [7, 11) is -1.18. The average molecular weight is 267 g/mol. The Bertz CT molecular complexity index is 404. The zero-order valence-corrected chi connectivity index (χ0v) is 12.1. The molecule has 6 nitrogen and oxygen atoms in total. The third kappa shape index (κ3) is 4.16. The maximum Gasteiger partial charge on any atom is 0.494 e. The summed E-state index contributed by atoms with van der Waals surface area (Å²) in [6.07, 6.45) is 2.99. The fourth-order valence-electron chi connectivity index (χ4n) is 1.21. The van der Waals surface area contributed by atoms with Crippen molar-refractivity contribution in [2.45, 2.75) is 45.8 Å². The van der Waals surface area contributed by atoms with E-state index in [1.807, 2.05) is 6.92 Å². The molecule has 0 fully saturated rings. The molecule has 1 aromatic rings. The Balaban J connectivity index is 2.75. The van der Waals surface area contributed by atoms with Crippen LogP contribution >= 0.6 is 0 Å². The number of aliphatic hydroxyl groups is 1. The first-order valence-corrected chi connectivity index (χ1v) is 6.31. The van der Waals surface area contributed by atoms with Crippen LogP contribution in [0.3, 0.4) is 0 Å². The zero-order chi connectivity index (χ0) is 14.7. The monoisotopic (exact) mass is 267 g/mol. The molecule has 0 saturated carbocycles. The van der Waals surface area contributed by atoms with Crippen molar-refractivity contribution >= 4 is 18.5 Å². The highest BCUT2D eigenvalue weighted by Gasteiger charge is 2.39. The van der Waals surface area contributed by atoms with E-state index in [9.17, 15) is 10.1 Å². The Morgan fingerprint density at radius 3 is 2.21 bits per heavy atom. The first-order valence-electron chi connectivity index (χ1n) is 6.31. The van der Waals surface area contributed by atoms with Crippen LogP contribution in [0.5, 0.6) is 0 Å². The van der Waals surface area contributed by atoms with Gasteiger partial charge in [-0.25, -0.2) is 9.97 Å². The Morgan fingerprint density at radius 2 is 1.79 bits per heavy atom. The fourth-order valence-corrected chi connectivity index (χ4v) is 1.21. The normalized spacial score (nSPS) is 12.4. The molecule has 1 aromatic heterocycles. The topological polar surface area (TPSA) is 87.5 Å². The third-order valence-electron chi connectivity index (χ3n) is 3.17. The molecular weight excluding hydrogens is 245 g/mol. The maximum absolute atomic E-state index is 10.0. The molecule has 1 rings (SSSR count). The number of nitrogens with one attached hydrogen (secondary N) is 1. The van der Waals surface area contributed by atoms with Gasteiger partial charge in [0.25, 0.3) is 0 Å². The minimum Gasteiger partial charge on any atom is -0.423 e. The van der Waals surface area contributed by atoms with Crippen molar-refractivity contribution in [1.82, 2.24) is 9.97 Å². The maximum atomic E-state index is 10.0. The van der Waals surface area contributed by atoms with Crippen LogP contribution in [0, 0.1) is 0 Å². The summed E-state index contributed by atoms with van der Waals surface area (Å²) in [5, 5.41) is 22.9. The molecule has 0 radical (unpaired) electrons. The van der Waals surface area contributed by atoms with Gasteiger partial charge in [-0.15, -0.1) is 0 Å². The Kier molecular flexibility index (Phi) is 4.89. The van der Waals surface area contributed by atoms with Crippen LogP contribution in [0.1, 0.15) is 34.6 Å². The minimum atomic E-state index is -1.18. The minimum absolute atomic E-state index is 0.443. The molecule has 0 amide bonds. The quantitative estimate of drug-likeness (QED) is 0.636. The summed E-state index contributed by atoms with van der Waals surface area (Å²) < 4.78 is 5.49. The van der Waals surface area contributed by atoms with E-state index in [1.165, 1.54) is 12.4 Å². The van der Waals surface area contributed by atoms with Gasteiger partial charge in [0.1, 0.15) is 0 Å². The summed E-state index contributed by atoms with van der Waals surface area (Å²) in [6, 6.07) is 0. The SMILES string of the molecule is CCNc1ncc(B(O)OC(C)(C)C(C)(C)O)cn1. The number of nitrogens with zero attached hydrogens (tertiary/aromatic N) is 2. The van der Waals surface area contributed by atoms with Crippen molar-refractivity contribution < 1.29 is 14.8 Å². The molecule has 1 heterocycles. The molecule has 106 valence electrons. The Labute approximate surface area is 114 Å². The number of hydrogen-bond acceptors (Lipinski definition) is 6. The molecule has 0 unspecified atom stereocenters. The third-order valence-corrected chi connectivity index (χ3v) is 3.17. The molecule has 0 aliphatic heterocycles. The molecule has 3 N–H and O–H groups in total. The Hall–Kier alpha value is -1.18. The van der Waals surface area contributed by atoms with Crippen LogP contribution in [-0.4, -0.2) is 45.0 Å². The molecule has 7 heteroatoms. The lowest BCUT2D eigenvalue weighted by Gasteiger charge is -2.38. The lowest BCUT2D eigenvalue weighted by Crippen LogP contribution is -2.53. The van der Waals surface area contributed by atoms with Gasteiger partial charge in [-0.05, 0) is 34.6 Å². The van der Waals surface area contributed by atoms with E-state index in [-0.39, 0.29) is 0 Å². The summed E-state index contributed by atoms with van der Waals surface area (Å²) in [6.45, 7) is 9.36. The standard InChI is InChI=1S/C12H22BN3O3/c1-6-14-10-15-7-9(8-16-10)13(18)19-12(4,5)11(2,3)17/h7-8,17-18H,6H2,1-5H3,(H,14,15,16). The molecule has 0 aromatic carbocycles. The first-order chi connectivity index (χ1) is 8.67. The second-order valence-electron chi connectivity index (χ2n) is 5.41. The second-order valence-corrected chi connectivity index (χ2v) is 5.41. The molecule has 0 aliphatic rings. The lowest BCUT2D eigenvalue weighted by molar-refractivity contribution is -0.0982. The van der Waals surface area contributed by atoms with Crippen molar-refractivity contribution in [1.29, 1.82) is 0 Å². The van der Waals surface area contributed by atoms with E-state index >= 15 is 0 Å². The predicted octanol–water partition coefficient (Wildman–Crippen LogP) is 0.162. The van der Waals surface area contributed by atoms with Crippen molar-refractivity contribution in [2.24, 2.45) is 0 Å². The molecule has 19 heavy (non-hydrogen) atoms. The van der Waals surface area contributed by atoms with Crippen LogP contribution in [0.15, 0.2) is 12.4 Å². The number of aromatic nitrogens is 2. The van der Waals surface area contributed by atoms with Gasteiger partial charge in [-0.2, -0.15) is 0 Å². The van der Waals surface area contributed by atoms with Crippen molar-refractivity contribution in [3.8, 4) is 0 Å². The van der Waals surface area contributed by atoms with E-state index in [2.05, 4.69) is 15.3 Å². The summed E-state index contributed by atoms with van der Waals surface area (Å²) in [5.41, 5.74) is -1.55. The van der Waals surface area contributed by atoms with Crippen LogP contribution in [-0.2, 0) is 4.65 Å². The van der Waals surface area contributed by atoms with Gasteiger partial charge >= 0.3 is 7.12 Å². The van der Waals surface area contributed by atoms with Gasteiger partial charge < -0.3 is 20.1 Å². The van der Waals surface area contributed by atoms with Crippen molar-refractivity contribution in [3.05, 3.63) is 12.4 Å². The highest BCUT2D eigenvalue weighted by Crippen LogP contribution is 2.25.